The van der Waals surface area contributed by atoms with Crippen LogP contribution in [-0.2, 0) is 4.74 Å². The number of morpholine rings is 1. The predicted molar refractivity (Wildman–Crippen MR) is 114 cm³/mol. The average Bonchev–Trinajstić information content (AvgIpc) is 2.82. The van der Waals surface area contributed by atoms with Gasteiger partial charge in [0.05, 0.1) is 19.4 Å². The van der Waals surface area contributed by atoms with Crippen LogP contribution in [0.5, 0.6) is 11.5 Å². The lowest BCUT2D eigenvalue weighted by molar-refractivity contribution is 0.122. The van der Waals surface area contributed by atoms with Crippen molar-refractivity contribution >= 4 is 28.5 Å². The number of hydrogen-bond acceptors (Lipinski definition) is 8. The molecule has 4 aromatic rings. The Hall–Kier alpha value is -3.78. The fourth-order valence-electron chi connectivity index (χ4n) is 3.22. The van der Waals surface area contributed by atoms with Gasteiger partial charge in [0.15, 0.2) is 5.82 Å². The first-order chi connectivity index (χ1) is 14.8. The van der Waals surface area contributed by atoms with Crippen molar-refractivity contribution in [3.05, 3.63) is 67.1 Å². The number of nitrogens with one attached hydrogen (secondary N) is 1. The molecule has 2 aromatic carbocycles. The summed E-state index contributed by atoms with van der Waals surface area (Å²) in [4.78, 5) is 20.0. The molecule has 8 nitrogen and oxygen atoms in total. The smallest absolute Gasteiger partial charge is 0.226 e. The van der Waals surface area contributed by atoms with E-state index in [1.54, 1.807) is 6.20 Å². The van der Waals surface area contributed by atoms with Gasteiger partial charge in [0.25, 0.3) is 0 Å². The van der Waals surface area contributed by atoms with Crippen LogP contribution in [0, 0.1) is 0 Å². The number of nitrogens with zero attached hydrogens (tertiary/aromatic N) is 5. The maximum Gasteiger partial charge on any atom is 0.226 e. The van der Waals surface area contributed by atoms with Gasteiger partial charge in [-0.15, -0.1) is 0 Å². The fraction of sp³-hybridized carbons (Fsp3) is 0.182. The molecule has 1 aliphatic rings. The Morgan fingerprint density at radius 1 is 0.867 bits per heavy atom. The molecule has 0 saturated carbocycles. The van der Waals surface area contributed by atoms with Crippen LogP contribution in [0.1, 0.15) is 0 Å². The van der Waals surface area contributed by atoms with Crippen molar-refractivity contribution in [1.82, 2.24) is 19.9 Å². The molecule has 30 heavy (non-hydrogen) atoms. The van der Waals surface area contributed by atoms with Gasteiger partial charge < -0.3 is 19.7 Å². The van der Waals surface area contributed by atoms with Crippen molar-refractivity contribution in [3.63, 3.8) is 0 Å². The molecule has 2 aromatic heterocycles. The summed E-state index contributed by atoms with van der Waals surface area (Å²) in [6, 6.07) is 17.4. The minimum atomic E-state index is 0.633. The van der Waals surface area contributed by atoms with E-state index in [0.717, 1.165) is 30.3 Å². The van der Waals surface area contributed by atoms with Gasteiger partial charge in [-0.05, 0) is 36.4 Å². The number of para-hydroxylation sites is 1. The third-order valence-corrected chi connectivity index (χ3v) is 4.75. The van der Waals surface area contributed by atoms with E-state index in [4.69, 9.17) is 14.5 Å². The predicted octanol–water partition coefficient (Wildman–Crippen LogP) is 3.79. The second-order valence-electron chi connectivity index (χ2n) is 6.79. The molecule has 0 aliphatic carbocycles. The van der Waals surface area contributed by atoms with Gasteiger partial charge in [0, 0.05) is 18.8 Å². The van der Waals surface area contributed by atoms with Crippen molar-refractivity contribution in [3.8, 4) is 11.5 Å². The van der Waals surface area contributed by atoms with E-state index in [2.05, 4.69) is 25.2 Å². The van der Waals surface area contributed by atoms with Gasteiger partial charge in [0.1, 0.15) is 28.9 Å². The molecule has 1 N–H and O–H groups in total. The number of anilines is 3. The normalized spacial score (nSPS) is 13.9. The lowest BCUT2D eigenvalue weighted by atomic mass is 10.3. The van der Waals surface area contributed by atoms with Crippen molar-refractivity contribution in [2.75, 3.05) is 36.5 Å². The van der Waals surface area contributed by atoms with Crippen molar-refractivity contribution < 1.29 is 9.47 Å². The minimum Gasteiger partial charge on any atom is -0.457 e. The van der Waals surface area contributed by atoms with E-state index < -0.39 is 0 Å². The van der Waals surface area contributed by atoms with E-state index in [9.17, 15) is 0 Å². The molecule has 3 heterocycles. The van der Waals surface area contributed by atoms with E-state index in [-0.39, 0.29) is 0 Å². The molecular formula is C22H20N6O2. The van der Waals surface area contributed by atoms with Gasteiger partial charge in [-0.25, -0.2) is 19.9 Å². The largest absolute Gasteiger partial charge is 0.457 e. The molecule has 8 heteroatoms. The molecule has 150 valence electrons. The molecule has 0 radical (unpaired) electrons. The molecule has 0 unspecified atom stereocenters. The zero-order valence-electron chi connectivity index (χ0n) is 16.2. The minimum absolute atomic E-state index is 0.633. The van der Waals surface area contributed by atoms with E-state index in [1.165, 1.54) is 6.33 Å². The van der Waals surface area contributed by atoms with Crippen LogP contribution in [0.3, 0.4) is 0 Å². The van der Waals surface area contributed by atoms with Crippen LogP contribution < -0.4 is 15.0 Å². The Kier molecular flexibility index (Phi) is 5.05. The van der Waals surface area contributed by atoms with Crippen LogP contribution in [0.25, 0.3) is 11.0 Å². The number of hydrogen-bond donors (Lipinski definition) is 1. The molecule has 0 atom stereocenters. The van der Waals surface area contributed by atoms with E-state index in [1.807, 2.05) is 54.6 Å². The first-order valence-electron chi connectivity index (χ1n) is 9.76. The van der Waals surface area contributed by atoms with Gasteiger partial charge in [-0.2, -0.15) is 0 Å². The fourth-order valence-corrected chi connectivity index (χ4v) is 3.22. The molecule has 0 amide bonds. The van der Waals surface area contributed by atoms with Gasteiger partial charge >= 0.3 is 0 Å². The highest BCUT2D eigenvalue weighted by atomic mass is 16.5. The molecule has 1 fully saturated rings. The standard InChI is InChI=1S/C22H20N6O2/c1-2-4-17(5-3-1)30-18-8-6-16(7-9-18)26-21-20-19(24-15-25-21)14-23-22(27-20)28-10-12-29-13-11-28/h1-9,14-15H,10-13H2,(H,24,25,26). The molecular weight excluding hydrogens is 380 g/mol. The topological polar surface area (TPSA) is 85.3 Å². The average molecular weight is 400 g/mol. The summed E-state index contributed by atoms with van der Waals surface area (Å²) < 4.78 is 11.3. The van der Waals surface area contributed by atoms with Gasteiger partial charge in [-0.1, -0.05) is 18.2 Å². The lowest BCUT2D eigenvalue weighted by Gasteiger charge is -2.26. The van der Waals surface area contributed by atoms with Crippen LogP contribution in [0.15, 0.2) is 67.1 Å². The Morgan fingerprint density at radius 3 is 2.43 bits per heavy atom. The Labute approximate surface area is 173 Å². The first kappa shape index (κ1) is 18.3. The second kappa shape index (κ2) is 8.30. The van der Waals surface area contributed by atoms with Crippen LogP contribution in [0.2, 0.25) is 0 Å². The molecule has 0 bridgehead atoms. The zero-order valence-corrected chi connectivity index (χ0v) is 16.2. The summed E-state index contributed by atoms with van der Waals surface area (Å²) in [6.07, 6.45) is 3.24. The van der Waals surface area contributed by atoms with Gasteiger partial charge in [-0.3, -0.25) is 0 Å². The molecule has 1 saturated heterocycles. The zero-order chi connectivity index (χ0) is 20.2. The first-order valence-corrected chi connectivity index (χ1v) is 9.76. The van der Waals surface area contributed by atoms with Crippen LogP contribution in [0.4, 0.5) is 17.5 Å². The lowest BCUT2D eigenvalue weighted by Crippen LogP contribution is -2.37. The highest BCUT2D eigenvalue weighted by Gasteiger charge is 2.16. The highest BCUT2D eigenvalue weighted by Crippen LogP contribution is 2.26. The van der Waals surface area contributed by atoms with Crippen molar-refractivity contribution in [1.29, 1.82) is 0 Å². The number of ether oxygens (including phenoxy) is 2. The SMILES string of the molecule is c1ccc(Oc2ccc(Nc3ncnc4cnc(N5CCOCC5)nc34)cc2)cc1. The number of aromatic nitrogens is 4. The van der Waals surface area contributed by atoms with Crippen molar-refractivity contribution in [2.45, 2.75) is 0 Å². The third kappa shape index (κ3) is 3.99. The highest BCUT2D eigenvalue weighted by molar-refractivity contribution is 5.87. The van der Waals surface area contributed by atoms with Crippen molar-refractivity contribution in [2.24, 2.45) is 0 Å². The quantitative estimate of drug-likeness (QED) is 0.542. The number of rotatable bonds is 5. The Bertz CT molecular complexity index is 1130. The third-order valence-electron chi connectivity index (χ3n) is 4.75. The Balaban J connectivity index is 1.37. The van der Waals surface area contributed by atoms with E-state index >= 15 is 0 Å². The molecule has 0 spiro atoms. The van der Waals surface area contributed by atoms with E-state index in [0.29, 0.717) is 36.0 Å². The Morgan fingerprint density at radius 2 is 1.63 bits per heavy atom. The number of benzene rings is 2. The molecule has 5 rings (SSSR count). The number of fused-ring (bicyclic) bond motifs is 1. The monoisotopic (exact) mass is 400 g/mol. The van der Waals surface area contributed by atoms with Crippen LogP contribution >= 0.6 is 0 Å². The van der Waals surface area contributed by atoms with Crippen LogP contribution in [-0.4, -0.2) is 46.2 Å². The summed E-state index contributed by atoms with van der Waals surface area (Å²) in [5.74, 6) is 2.85. The summed E-state index contributed by atoms with van der Waals surface area (Å²) in [6.45, 7) is 2.89. The summed E-state index contributed by atoms with van der Waals surface area (Å²) in [5, 5.41) is 3.33. The molecule has 1 aliphatic heterocycles. The summed E-state index contributed by atoms with van der Waals surface area (Å²) >= 11 is 0. The van der Waals surface area contributed by atoms with Gasteiger partial charge in [0.2, 0.25) is 5.95 Å². The maximum absolute atomic E-state index is 5.85. The summed E-state index contributed by atoms with van der Waals surface area (Å²) in [7, 11) is 0. The maximum atomic E-state index is 5.85. The summed E-state index contributed by atoms with van der Waals surface area (Å²) in [5.41, 5.74) is 2.24. The second-order valence-corrected chi connectivity index (χ2v) is 6.79.